The minimum absolute atomic E-state index is 0.0109. The van der Waals surface area contributed by atoms with Crippen molar-refractivity contribution < 1.29 is 19.1 Å². The molecule has 0 aliphatic heterocycles. The number of hydrazone groups is 1. The Bertz CT molecular complexity index is 947. The van der Waals surface area contributed by atoms with Gasteiger partial charge in [-0.3, -0.25) is 9.59 Å². The van der Waals surface area contributed by atoms with Crippen LogP contribution in [0.3, 0.4) is 0 Å². The van der Waals surface area contributed by atoms with Gasteiger partial charge in [-0.25, -0.2) is 5.43 Å². The van der Waals surface area contributed by atoms with Crippen molar-refractivity contribution in [1.82, 2.24) is 5.43 Å². The minimum Gasteiger partial charge on any atom is -0.493 e. The first-order chi connectivity index (χ1) is 13.5. The van der Waals surface area contributed by atoms with Crippen LogP contribution < -0.4 is 20.2 Å². The summed E-state index contributed by atoms with van der Waals surface area (Å²) in [6.07, 6.45) is -0.0109. The van der Waals surface area contributed by atoms with Gasteiger partial charge in [-0.2, -0.15) is 10.4 Å². The molecule has 2 N–H and O–H groups in total. The molecule has 2 rings (SSSR count). The molecule has 0 aliphatic carbocycles. The lowest BCUT2D eigenvalue weighted by atomic mass is 10.2. The summed E-state index contributed by atoms with van der Waals surface area (Å²) >= 11 is 0. The lowest BCUT2D eigenvalue weighted by Crippen LogP contribution is -2.21. The average molecular weight is 380 g/mol. The first-order valence-electron chi connectivity index (χ1n) is 8.32. The van der Waals surface area contributed by atoms with E-state index < -0.39 is 5.91 Å². The fraction of sp³-hybridized carbons (Fsp3) is 0.200. The molecule has 0 saturated carbocycles. The third-order valence-electron chi connectivity index (χ3n) is 3.69. The third kappa shape index (κ3) is 5.57. The zero-order valence-electron chi connectivity index (χ0n) is 15.8. The molecule has 0 radical (unpaired) electrons. The van der Waals surface area contributed by atoms with Gasteiger partial charge in [-0.05, 0) is 43.3 Å². The number of hydrogen-bond acceptors (Lipinski definition) is 6. The molecule has 8 nitrogen and oxygen atoms in total. The molecule has 28 heavy (non-hydrogen) atoms. The van der Waals surface area contributed by atoms with Gasteiger partial charge in [0.05, 0.1) is 32.3 Å². The largest absolute Gasteiger partial charge is 0.493 e. The van der Waals surface area contributed by atoms with Crippen molar-refractivity contribution in [3.05, 3.63) is 53.6 Å². The number of rotatable bonds is 7. The van der Waals surface area contributed by atoms with Crippen LogP contribution in [0.5, 0.6) is 11.5 Å². The van der Waals surface area contributed by atoms with E-state index in [1.807, 2.05) is 6.07 Å². The van der Waals surface area contributed by atoms with E-state index in [2.05, 4.69) is 15.8 Å². The molecule has 0 saturated heterocycles. The number of nitrogens with zero attached hydrogens (tertiary/aromatic N) is 2. The molecule has 0 aromatic heterocycles. The summed E-state index contributed by atoms with van der Waals surface area (Å²) in [4.78, 5) is 24.3. The van der Waals surface area contributed by atoms with Crippen LogP contribution in [0.2, 0.25) is 0 Å². The Morgan fingerprint density at radius 3 is 2.54 bits per heavy atom. The summed E-state index contributed by atoms with van der Waals surface area (Å²) in [7, 11) is 2.99. The number of nitrogens with one attached hydrogen (secondary N) is 2. The summed E-state index contributed by atoms with van der Waals surface area (Å²) in [6.45, 7) is 1.63. The minimum atomic E-state index is -0.442. The van der Waals surface area contributed by atoms with Crippen molar-refractivity contribution in [2.24, 2.45) is 5.10 Å². The summed E-state index contributed by atoms with van der Waals surface area (Å²) in [5.74, 6) is 0.185. The second-order valence-electron chi connectivity index (χ2n) is 5.78. The molecule has 2 amide bonds. The maximum Gasteiger partial charge on any atom is 0.271 e. The highest BCUT2D eigenvalue weighted by molar-refractivity contribution is 6.06. The fourth-order valence-corrected chi connectivity index (χ4v) is 2.33. The molecule has 0 aliphatic rings. The number of nitriles is 1. The Hall–Kier alpha value is -3.86. The number of carbonyl (C=O) groups is 2. The number of hydrogen-bond donors (Lipinski definition) is 2. The quantitative estimate of drug-likeness (QED) is 0.566. The molecule has 0 heterocycles. The van der Waals surface area contributed by atoms with Crippen LogP contribution in [0.15, 0.2) is 47.6 Å². The maximum atomic E-state index is 12.2. The van der Waals surface area contributed by atoms with E-state index in [0.717, 1.165) is 0 Å². The first kappa shape index (κ1) is 20.5. The highest BCUT2D eigenvalue weighted by atomic mass is 16.5. The molecule has 0 fully saturated rings. The van der Waals surface area contributed by atoms with Crippen molar-refractivity contribution in [2.75, 3.05) is 19.5 Å². The van der Waals surface area contributed by atoms with E-state index >= 15 is 0 Å². The van der Waals surface area contributed by atoms with Crippen LogP contribution in [0.4, 0.5) is 5.69 Å². The SMILES string of the molecule is COc1ccc(C(=O)N/N=C(/C)CC(=O)Nc2cccc(C#N)c2)cc1OC. The molecule has 144 valence electrons. The Kier molecular flexibility index (Phi) is 7.11. The highest BCUT2D eigenvalue weighted by Gasteiger charge is 2.11. The summed E-state index contributed by atoms with van der Waals surface area (Å²) in [5.41, 5.74) is 4.13. The van der Waals surface area contributed by atoms with Gasteiger partial charge in [0.15, 0.2) is 11.5 Å². The van der Waals surface area contributed by atoms with Gasteiger partial charge in [0.1, 0.15) is 0 Å². The molecule has 0 unspecified atom stereocenters. The topological polar surface area (TPSA) is 113 Å². The van der Waals surface area contributed by atoms with Crippen LogP contribution in [0.1, 0.15) is 29.3 Å². The molecular weight excluding hydrogens is 360 g/mol. The lowest BCUT2D eigenvalue weighted by Gasteiger charge is -2.09. The van der Waals surface area contributed by atoms with Gasteiger partial charge in [0.25, 0.3) is 5.91 Å². The number of benzene rings is 2. The van der Waals surface area contributed by atoms with Crippen molar-refractivity contribution >= 4 is 23.2 Å². The van der Waals surface area contributed by atoms with E-state index in [1.165, 1.54) is 20.3 Å². The number of anilines is 1. The van der Waals surface area contributed by atoms with Crippen LogP contribution in [-0.2, 0) is 4.79 Å². The number of carbonyl (C=O) groups excluding carboxylic acids is 2. The second kappa shape index (κ2) is 9.73. The van der Waals surface area contributed by atoms with Crippen LogP contribution in [0.25, 0.3) is 0 Å². The number of methoxy groups -OCH3 is 2. The van der Waals surface area contributed by atoms with E-state index in [1.54, 1.807) is 43.3 Å². The van der Waals surface area contributed by atoms with Crippen molar-refractivity contribution in [3.8, 4) is 17.6 Å². The summed E-state index contributed by atoms with van der Waals surface area (Å²) < 4.78 is 10.3. The third-order valence-corrected chi connectivity index (χ3v) is 3.69. The Labute approximate surface area is 162 Å². The summed E-state index contributed by atoms with van der Waals surface area (Å²) in [6, 6.07) is 13.3. The van der Waals surface area contributed by atoms with E-state index in [4.69, 9.17) is 14.7 Å². The standard InChI is InChI=1S/C20H20N4O4/c1-13(9-19(25)22-16-6-4-5-14(10-16)12-21)23-24-20(26)15-7-8-17(27-2)18(11-15)28-3/h4-8,10-11H,9H2,1-3H3,(H,22,25)(H,24,26)/b23-13-. The van der Waals surface area contributed by atoms with Crippen molar-refractivity contribution in [2.45, 2.75) is 13.3 Å². The second-order valence-corrected chi connectivity index (χ2v) is 5.78. The molecule has 2 aromatic carbocycles. The van der Waals surface area contributed by atoms with E-state index in [0.29, 0.717) is 34.0 Å². The van der Waals surface area contributed by atoms with Gasteiger partial charge in [-0.1, -0.05) is 6.07 Å². The maximum absolute atomic E-state index is 12.2. The number of ether oxygens (including phenoxy) is 2. The molecule has 0 bridgehead atoms. The lowest BCUT2D eigenvalue weighted by molar-refractivity contribution is -0.115. The zero-order valence-corrected chi connectivity index (χ0v) is 15.8. The Morgan fingerprint density at radius 1 is 1.11 bits per heavy atom. The Balaban J connectivity index is 1.95. The average Bonchev–Trinajstić information content (AvgIpc) is 2.71. The number of amides is 2. The predicted molar refractivity (Wildman–Crippen MR) is 105 cm³/mol. The smallest absolute Gasteiger partial charge is 0.271 e. The van der Waals surface area contributed by atoms with Gasteiger partial charge < -0.3 is 14.8 Å². The van der Waals surface area contributed by atoms with Crippen LogP contribution in [-0.4, -0.2) is 31.7 Å². The van der Waals surface area contributed by atoms with Gasteiger partial charge >= 0.3 is 0 Å². The van der Waals surface area contributed by atoms with Crippen LogP contribution in [0, 0.1) is 11.3 Å². The predicted octanol–water partition coefficient (Wildman–Crippen LogP) is 2.71. The van der Waals surface area contributed by atoms with E-state index in [-0.39, 0.29) is 12.3 Å². The van der Waals surface area contributed by atoms with E-state index in [9.17, 15) is 9.59 Å². The van der Waals surface area contributed by atoms with Gasteiger partial charge in [0.2, 0.25) is 5.91 Å². The first-order valence-corrected chi connectivity index (χ1v) is 8.32. The molecular formula is C20H20N4O4. The molecule has 0 spiro atoms. The monoisotopic (exact) mass is 380 g/mol. The molecule has 0 atom stereocenters. The normalized spacial score (nSPS) is 10.6. The highest BCUT2D eigenvalue weighted by Crippen LogP contribution is 2.27. The van der Waals surface area contributed by atoms with Gasteiger partial charge in [-0.15, -0.1) is 0 Å². The summed E-state index contributed by atoms with van der Waals surface area (Å²) in [5, 5.41) is 15.5. The fourth-order valence-electron chi connectivity index (χ4n) is 2.33. The zero-order chi connectivity index (χ0) is 20.5. The van der Waals surface area contributed by atoms with Crippen molar-refractivity contribution in [1.29, 1.82) is 5.26 Å². The van der Waals surface area contributed by atoms with Gasteiger partial charge in [0, 0.05) is 17.0 Å². The molecule has 2 aromatic rings. The van der Waals surface area contributed by atoms with Crippen LogP contribution >= 0.6 is 0 Å². The Morgan fingerprint density at radius 2 is 1.86 bits per heavy atom. The molecule has 8 heteroatoms. The van der Waals surface area contributed by atoms with Crippen molar-refractivity contribution in [3.63, 3.8) is 0 Å².